The number of anilines is 1. The van der Waals surface area contributed by atoms with E-state index in [-0.39, 0.29) is 0 Å². The van der Waals surface area contributed by atoms with Crippen LogP contribution < -0.4 is 10.1 Å². The summed E-state index contributed by atoms with van der Waals surface area (Å²) in [7, 11) is 3.49. The zero-order valence-corrected chi connectivity index (χ0v) is 10.1. The number of aromatic nitrogens is 4. The average Bonchev–Trinajstić information content (AvgIpc) is 2.65. The number of hydrogen-bond donors (Lipinski definition) is 1. The van der Waals surface area contributed by atoms with Crippen LogP contribution >= 0.6 is 0 Å². The third-order valence-corrected chi connectivity index (χ3v) is 2.43. The van der Waals surface area contributed by atoms with Crippen molar-refractivity contribution in [2.75, 3.05) is 12.4 Å². The predicted octanol–water partition coefficient (Wildman–Crippen LogP) is 1.14. The van der Waals surface area contributed by atoms with Gasteiger partial charge in [-0.3, -0.25) is 4.68 Å². The van der Waals surface area contributed by atoms with E-state index in [0.717, 1.165) is 17.1 Å². The Morgan fingerprint density at radius 3 is 2.88 bits per heavy atom. The number of aryl methyl sites for hydroxylation is 2. The molecule has 17 heavy (non-hydrogen) atoms. The summed E-state index contributed by atoms with van der Waals surface area (Å²) in [6, 6.07) is 1.76. The van der Waals surface area contributed by atoms with E-state index >= 15 is 0 Å². The first kappa shape index (κ1) is 11.4. The van der Waals surface area contributed by atoms with E-state index in [9.17, 15) is 0 Å². The second-order valence-electron chi connectivity index (χ2n) is 3.71. The minimum Gasteiger partial charge on any atom is -0.481 e. The summed E-state index contributed by atoms with van der Waals surface area (Å²) in [5, 5.41) is 7.48. The molecule has 0 spiro atoms. The first-order valence-corrected chi connectivity index (χ1v) is 5.28. The van der Waals surface area contributed by atoms with Crippen LogP contribution in [0.15, 0.2) is 18.6 Å². The minimum atomic E-state index is 0.547. The van der Waals surface area contributed by atoms with Crippen molar-refractivity contribution >= 4 is 5.82 Å². The van der Waals surface area contributed by atoms with Crippen LogP contribution in [-0.2, 0) is 13.6 Å². The molecule has 6 heteroatoms. The van der Waals surface area contributed by atoms with Crippen LogP contribution in [0.1, 0.15) is 11.3 Å². The van der Waals surface area contributed by atoms with Gasteiger partial charge in [-0.25, -0.2) is 9.97 Å². The second kappa shape index (κ2) is 4.82. The molecule has 2 heterocycles. The normalized spacial score (nSPS) is 10.3. The lowest BCUT2D eigenvalue weighted by Gasteiger charge is -2.05. The second-order valence-corrected chi connectivity index (χ2v) is 3.71. The van der Waals surface area contributed by atoms with Crippen molar-refractivity contribution < 1.29 is 4.74 Å². The van der Waals surface area contributed by atoms with E-state index < -0.39 is 0 Å². The van der Waals surface area contributed by atoms with Gasteiger partial charge in [-0.05, 0) is 6.92 Å². The summed E-state index contributed by atoms with van der Waals surface area (Å²) < 4.78 is 6.83. The molecule has 2 aromatic heterocycles. The Morgan fingerprint density at radius 1 is 1.41 bits per heavy atom. The minimum absolute atomic E-state index is 0.547. The lowest BCUT2D eigenvalue weighted by Crippen LogP contribution is -2.02. The number of hydrogen-bond acceptors (Lipinski definition) is 5. The fourth-order valence-electron chi connectivity index (χ4n) is 1.56. The quantitative estimate of drug-likeness (QED) is 0.857. The molecule has 90 valence electrons. The van der Waals surface area contributed by atoms with Crippen LogP contribution in [-0.4, -0.2) is 26.9 Å². The van der Waals surface area contributed by atoms with Crippen molar-refractivity contribution in [3.8, 4) is 5.88 Å². The summed E-state index contributed by atoms with van der Waals surface area (Å²) in [5.41, 5.74) is 2.16. The molecule has 0 amide bonds. The topological polar surface area (TPSA) is 64.9 Å². The van der Waals surface area contributed by atoms with E-state index in [0.29, 0.717) is 12.4 Å². The fourth-order valence-corrected chi connectivity index (χ4v) is 1.56. The van der Waals surface area contributed by atoms with Gasteiger partial charge in [-0.1, -0.05) is 0 Å². The molecule has 0 saturated heterocycles. The first-order chi connectivity index (χ1) is 8.19. The standard InChI is InChI=1S/C11H15N5O/c1-8-9(6-16(2)15-8)5-12-10-4-11(17-3)14-7-13-10/h4,6-7H,5H2,1-3H3,(H,12,13,14). The van der Waals surface area contributed by atoms with Crippen molar-refractivity contribution in [2.45, 2.75) is 13.5 Å². The van der Waals surface area contributed by atoms with Gasteiger partial charge in [0.1, 0.15) is 12.1 Å². The lowest BCUT2D eigenvalue weighted by molar-refractivity contribution is 0.397. The van der Waals surface area contributed by atoms with Crippen molar-refractivity contribution in [1.82, 2.24) is 19.7 Å². The SMILES string of the molecule is COc1cc(NCc2cn(C)nc2C)ncn1. The van der Waals surface area contributed by atoms with Gasteiger partial charge >= 0.3 is 0 Å². The molecule has 0 atom stereocenters. The van der Waals surface area contributed by atoms with Gasteiger partial charge in [0.05, 0.1) is 12.8 Å². The summed E-state index contributed by atoms with van der Waals surface area (Å²) in [6.45, 7) is 2.66. The van der Waals surface area contributed by atoms with Gasteiger partial charge < -0.3 is 10.1 Å². The van der Waals surface area contributed by atoms with Crippen molar-refractivity contribution in [2.24, 2.45) is 7.05 Å². The van der Waals surface area contributed by atoms with Crippen LogP contribution in [0.3, 0.4) is 0 Å². The number of ether oxygens (including phenoxy) is 1. The summed E-state index contributed by atoms with van der Waals surface area (Å²) in [6.07, 6.45) is 3.46. The van der Waals surface area contributed by atoms with Crippen molar-refractivity contribution in [3.63, 3.8) is 0 Å². The maximum absolute atomic E-state index is 5.03. The highest BCUT2D eigenvalue weighted by atomic mass is 16.5. The van der Waals surface area contributed by atoms with Gasteiger partial charge in [0.15, 0.2) is 0 Å². The molecule has 0 aliphatic carbocycles. The van der Waals surface area contributed by atoms with Gasteiger partial charge in [-0.2, -0.15) is 5.10 Å². The van der Waals surface area contributed by atoms with E-state index in [4.69, 9.17) is 4.74 Å². The third-order valence-electron chi connectivity index (χ3n) is 2.43. The maximum Gasteiger partial charge on any atom is 0.218 e. The maximum atomic E-state index is 5.03. The zero-order chi connectivity index (χ0) is 12.3. The Kier molecular flexibility index (Phi) is 3.22. The summed E-state index contributed by atoms with van der Waals surface area (Å²) in [5.74, 6) is 1.28. The van der Waals surface area contributed by atoms with Crippen LogP contribution in [0.2, 0.25) is 0 Å². The Morgan fingerprint density at radius 2 is 2.24 bits per heavy atom. The Labute approximate surface area is 99.7 Å². The number of rotatable bonds is 4. The molecule has 0 bridgehead atoms. The molecule has 0 unspecified atom stereocenters. The molecule has 0 aliphatic heterocycles. The van der Waals surface area contributed by atoms with E-state index in [1.807, 2.05) is 20.2 Å². The Bertz CT molecular complexity index is 508. The van der Waals surface area contributed by atoms with E-state index in [2.05, 4.69) is 20.4 Å². The molecule has 0 radical (unpaired) electrons. The molecule has 2 aromatic rings. The molecule has 0 fully saturated rings. The molecule has 1 N–H and O–H groups in total. The number of nitrogens with one attached hydrogen (secondary N) is 1. The molecular weight excluding hydrogens is 218 g/mol. The summed E-state index contributed by atoms with van der Waals surface area (Å²) in [4.78, 5) is 8.05. The smallest absolute Gasteiger partial charge is 0.218 e. The molecular formula is C11H15N5O. The molecule has 0 aromatic carbocycles. The highest BCUT2D eigenvalue weighted by Gasteiger charge is 2.03. The number of nitrogens with zero attached hydrogens (tertiary/aromatic N) is 4. The van der Waals surface area contributed by atoms with Crippen molar-refractivity contribution in [1.29, 1.82) is 0 Å². The van der Waals surface area contributed by atoms with Gasteiger partial charge in [0.25, 0.3) is 0 Å². The Hall–Kier alpha value is -2.11. The lowest BCUT2D eigenvalue weighted by atomic mass is 10.2. The van der Waals surface area contributed by atoms with Crippen LogP contribution in [0.25, 0.3) is 0 Å². The van der Waals surface area contributed by atoms with Crippen LogP contribution in [0, 0.1) is 6.92 Å². The summed E-state index contributed by atoms with van der Waals surface area (Å²) >= 11 is 0. The zero-order valence-electron chi connectivity index (χ0n) is 10.1. The molecule has 0 saturated carbocycles. The Balaban J connectivity index is 2.04. The van der Waals surface area contributed by atoms with Gasteiger partial charge in [0.2, 0.25) is 5.88 Å². The van der Waals surface area contributed by atoms with Crippen molar-refractivity contribution in [3.05, 3.63) is 29.8 Å². The van der Waals surface area contributed by atoms with Crippen LogP contribution in [0.4, 0.5) is 5.82 Å². The van der Waals surface area contributed by atoms with Gasteiger partial charge in [0, 0.05) is 31.4 Å². The third kappa shape index (κ3) is 2.72. The van der Waals surface area contributed by atoms with Gasteiger partial charge in [-0.15, -0.1) is 0 Å². The molecule has 6 nitrogen and oxygen atoms in total. The molecule has 2 rings (SSSR count). The van der Waals surface area contributed by atoms with E-state index in [1.165, 1.54) is 6.33 Å². The monoisotopic (exact) mass is 233 g/mol. The largest absolute Gasteiger partial charge is 0.481 e. The predicted molar refractivity (Wildman–Crippen MR) is 63.9 cm³/mol. The highest BCUT2D eigenvalue weighted by Crippen LogP contribution is 2.12. The highest BCUT2D eigenvalue weighted by molar-refractivity contribution is 5.38. The molecule has 0 aliphatic rings. The first-order valence-electron chi connectivity index (χ1n) is 5.28. The van der Waals surface area contributed by atoms with E-state index in [1.54, 1.807) is 17.9 Å². The van der Waals surface area contributed by atoms with Crippen LogP contribution in [0.5, 0.6) is 5.88 Å². The number of methoxy groups -OCH3 is 1. The fraction of sp³-hybridized carbons (Fsp3) is 0.364. The average molecular weight is 233 g/mol.